The first-order valence-corrected chi connectivity index (χ1v) is 9.16. The van der Waals surface area contributed by atoms with E-state index in [0.717, 1.165) is 17.8 Å². The van der Waals surface area contributed by atoms with Gasteiger partial charge in [-0.3, -0.25) is 9.59 Å². The lowest BCUT2D eigenvalue weighted by Crippen LogP contribution is -2.36. The van der Waals surface area contributed by atoms with E-state index in [0.29, 0.717) is 17.1 Å². The fourth-order valence-corrected chi connectivity index (χ4v) is 3.48. The van der Waals surface area contributed by atoms with Crippen molar-refractivity contribution in [3.8, 4) is 0 Å². The second-order valence-corrected chi connectivity index (χ2v) is 6.92. The van der Waals surface area contributed by atoms with E-state index in [1.807, 2.05) is 37.3 Å². The third kappa shape index (κ3) is 3.36. The van der Waals surface area contributed by atoms with Gasteiger partial charge >= 0.3 is 0 Å². The van der Waals surface area contributed by atoms with Crippen molar-refractivity contribution in [2.45, 2.75) is 26.3 Å². The summed E-state index contributed by atoms with van der Waals surface area (Å²) in [7, 11) is 0. The van der Waals surface area contributed by atoms with Crippen LogP contribution in [0.15, 0.2) is 60.7 Å². The van der Waals surface area contributed by atoms with E-state index < -0.39 is 0 Å². The third-order valence-electron chi connectivity index (χ3n) is 4.85. The zero-order valence-corrected chi connectivity index (χ0v) is 15.7. The Kier molecular flexibility index (Phi) is 4.61. The minimum absolute atomic E-state index is 0.00399. The average molecular weight is 372 g/mol. The number of ketones is 1. The molecule has 1 N–H and O–H groups in total. The quantitative estimate of drug-likeness (QED) is 0.700. The molecule has 1 atom stereocenters. The summed E-state index contributed by atoms with van der Waals surface area (Å²) in [6.45, 7) is 3.56. The number of aromatic nitrogens is 2. The molecule has 140 valence electrons. The van der Waals surface area contributed by atoms with Gasteiger partial charge in [-0.25, -0.2) is 0 Å². The molecule has 0 aliphatic carbocycles. The minimum atomic E-state index is -0.157. The Balaban J connectivity index is 1.53. The fourth-order valence-electron chi connectivity index (χ4n) is 3.48. The lowest BCUT2D eigenvalue weighted by atomic mass is 10.1. The van der Waals surface area contributed by atoms with E-state index >= 15 is 0 Å². The van der Waals surface area contributed by atoms with E-state index in [9.17, 15) is 9.59 Å². The Morgan fingerprint density at radius 2 is 1.86 bits per heavy atom. The number of Topliss-reactive ketones (excluding diaryl/α,β-unsaturated/α-hetero) is 1. The minimum Gasteiger partial charge on any atom is -0.339 e. The van der Waals surface area contributed by atoms with E-state index in [2.05, 4.69) is 15.5 Å². The van der Waals surface area contributed by atoms with E-state index in [-0.39, 0.29) is 17.7 Å². The topological polar surface area (TPSA) is 75.2 Å². The molecule has 0 fully saturated rings. The molecule has 6 heteroatoms. The van der Waals surface area contributed by atoms with Crippen LogP contribution in [0.5, 0.6) is 0 Å². The molecular weight excluding hydrogens is 352 g/mol. The molecule has 1 aromatic heterocycles. The molecule has 0 saturated heterocycles. The van der Waals surface area contributed by atoms with Gasteiger partial charge in [0.25, 0.3) is 5.91 Å². The zero-order valence-electron chi connectivity index (χ0n) is 15.7. The van der Waals surface area contributed by atoms with Crippen molar-refractivity contribution in [2.24, 2.45) is 0 Å². The molecular formula is C22H20N4O2. The average Bonchev–Trinajstić information content (AvgIpc) is 3.04. The third-order valence-corrected chi connectivity index (χ3v) is 4.85. The Hall–Kier alpha value is -3.54. The summed E-state index contributed by atoms with van der Waals surface area (Å²) in [6, 6.07) is 18.6. The maximum atomic E-state index is 13.0. The molecule has 0 radical (unpaired) electrons. The van der Waals surface area contributed by atoms with E-state index in [1.54, 1.807) is 35.2 Å². The predicted octanol–water partition coefficient (Wildman–Crippen LogP) is 4.01. The maximum absolute atomic E-state index is 13.0. The van der Waals surface area contributed by atoms with Gasteiger partial charge in [0, 0.05) is 23.0 Å². The molecule has 1 aliphatic heterocycles. The number of rotatable bonds is 4. The van der Waals surface area contributed by atoms with Gasteiger partial charge in [-0.05, 0) is 56.2 Å². The molecule has 4 rings (SSSR count). The van der Waals surface area contributed by atoms with Crippen molar-refractivity contribution in [3.05, 3.63) is 77.5 Å². The number of amides is 1. The Bertz CT molecular complexity index is 1050. The van der Waals surface area contributed by atoms with Gasteiger partial charge in [-0.1, -0.05) is 30.3 Å². The number of hydrogen-bond acceptors (Lipinski definition) is 5. The van der Waals surface area contributed by atoms with Crippen LogP contribution in [0, 0.1) is 0 Å². The van der Waals surface area contributed by atoms with Crippen LogP contribution in [0.2, 0.25) is 0 Å². The van der Waals surface area contributed by atoms with Crippen LogP contribution < -0.4 is 10.2 Å². The Morgan fingerprint density at radius 3 is 2.61 bits per heavy atom. The van der Waals surface area contributed by atoms with Crippen molar-refractivity contribution in [2.75, 3.05) is 10.2 Å². The van der Waals surface area contributed by atoms with Gasteiger partial charge in [0.15, 0.2) is 17.3 Å². The highest BCUT2D eigenvalue weighted by molar-refractivity contribution is 6.06. The Labute approximate surface area is 163 Å². The smallest absolute Gasteiger partial charge is 0.279 e. The van der Waals surface area contributed by atoms with Crippen LogP contribution in [0.25, 0.3) is 0 Å². The van der Waals surface area contributed by atoms with E-state index in [1.165, 1.54) is 12.5 Å². The summed E-state index contributed by atoms with van der Waals surface area (Å²) < 4.78 is 0. The molecule has 0 bridgehead atoms. The molecule has 0 saturated carbocycles. The van der Waals surface area contributed by atoms with Crippen molar-refractivity contribution in [3.63, 3.8) is 0 Å². The van der Waals surface area contributed by atoms with Gasteiger partial charge < -0.3 is 10.2 Å². The molecule has 28 heavy (non-hydrogen) atoms. The monoisotopic (exact) mass is 372 g/mol. The van der Waals surface area contributed by atoms with Gasteiger partial charge in [0.1, 0.15) is 0 Å². The highest BCUT2D eigenvalue weighted by atomic mass is 16.2. The number of fused-ring (bicyclic) bond motifs is 1. The first-order valence-electron chi connectivity index (χ1n) is 9.16. The lowest BCUT2D eigenvalue weighted by molar-refractivity contribution is 0.0974. The molecule has 1 amide bonds. The summed E-state index contributed by atoms with van der Waals surface area (Å²) in [5.74, 6) is 0.345. The number of benzene rings is 2. The molecule has 6 nitrogen and oxygen atoms in total. The second-order valence-electron chi connectivity index (χ2n) is 6.92. The highest BCUT2D eigenvalue weighted by Crippen LogP contribution is 2.32. The standard InChI is InChI=1S/C22H20N4O2/c1-14-12-17-6-3-4-9-20(17)26(14)22(28)19-10-11-21(25-24-19)23-18-8-5-7-16(13-18)15(2)27/h3-11,13-14H,12H2,1-2H3,(H,23,25). The van der Waals surface area contributed by atoms with Gasteiger partial charge in [0.2, 0.25) is 0 Å². The highest BCUT2D eigenvalue weighted by Gasteiger charge is 2.31. The van der Waals surface area contributed by atoms with Gasteiger partial charge in [-0.2, -0.15) is 0 Å². The number of anilines is 3. The molecule has 1 aliphatic rings. The van der Waals surface area contributed by atoms with E-state index in [4.69, 9.17) is 0 Å². The van der Waals surface area contributed by atoms with Crippen LogP contribution in [-0.4, -0.2) is 27.9 Å². The van der Waals surface area contributed by atoms with Crippen molar-refractivity contribution in [1.29, 1.82) is 0 Å². The van der Waals surface area contributed by atoms with Crippen LogP contribution in [0.4, 0.5) is 17.2 Å². The molecule has 2 aromatic carbocycles. The molecule has 3 aromatic rings. The number of carbonyl (C=O) groups excluding carboxylic acids is 2. The maximum Gasteiger partial charge on any atom is 0.279 e. The largest absolute Gasteiger partial charge is 0.339 e. The number of carbonyl (C=O) groups is 2. The normalized spacial score (nSPS) is 15.2. The SMILES string of the molecule is CC(=O)c1cccc(Nc2ccc(C(=O)N3c4ccccc4CC3C)nn2)c1. The van der Waals surface area contributed by atoms with Crippen molar-refractivity contribution in [1.82, 2.24) is 10.2 Å². The van der Waals surface area contributed by atoms with Gasteiger partial charge in [-0.15, -0.1) is 10.2 Å². The first-order chi connectivity index (χ1) is 13.5. The molecule has 2 heterocycles. The zero-order chi connectivity index (χ0) is 19.7. The first kappa shape index (κ1) is 17.9. The summed E-state index contributed by atoms with van der Waals surface area (Å²) in [6.07, 6.45) is 0.835. The van der Waals surface area contributed by atoms with Crippen LogP contribution in [0.3, 0.4) is 0 Å². The summed E-state index contributed by atoms with van der Waals surface area (Å²) in [5.41, 5.74) is 3.76. The van der Waals surface area contributed by atoms with Crippen LogP contribution >= 0.6 is 0 Å². The number of nitrogens with one attached hydrogen (secondary N) is 1. The van der Waals surface area contributed by atoms with Crippen molar-refractivity contribution < 1.29 is 9.59 Å². The number of hydrogen-bond donors (Lipinski definition) is 1. The molecule has 1 unspecified atom stereocenters. The lowest BCUT2D eigenvalue weighted by Gasteiger charge is -2.22. The Morgan fingerprint density at radius 1 is 1.04 bits per heavy atom. The summed E-state index contributed by atoms with van der Waals surface area (Å²) in [4.78, 5) is 26.3. The predicted molar refractivity (Wildman–Crippen MR) is 108 cm³/mol. The summed E-state index contributed by atoms with van der Waals surface area (Å²) >= 11 is 0. The van der Waals surface area contributed by atoms with Crippen molar-refractivity contribution >= 4 is 28.9 Å². The molecule has 0 spiro atoms. The number of nitrogens with zero attached hydrogens (tertiary/aromatic N) is 3. The van der Waals surface area contributed by atoms with Gasteiger partial charge in [0.05, 0.1) is 0 Å². The van der Waals surface area contributed by atoms with Crippen LogP contribution in [0.1, 0.15) is 40.3 Å². The fraction of sp³-hybridized carbons (Fsp3) is 0.182. The summed E-state index contributed by atoms with van der Waals surface area (Å²) in [5, 5.41) is 11.4. The number of para-hydroxylation sites is 1. The van der Waals surface area contributed by atoms with Crippen LogP contribution in [-0.2, 0) is 6.42 Å². The second kappa shape index (κ2) is 7.23.